The second kappa shape index (κ2) is 7.17. The van der Waals surface area contributed by atoms with Crippen molar-refractivity contribution in [1.82, 2.24) is 5.32 Å². The molecular weight excluding hydrogens is 362 g/mol. The first-order chi connectivity index (χ1) is 11.2. The van der Waals surface area contributed by atoms with E-state index in [2.05, 4.69) is 5.32 Å². The van der Waals surface area contributed by atoms with Crippen LogP contribution >= 0.6 is 11.6 Å². The number of hydrogen-bond acceptors (Lipinski definition) is 5. The van der Waals surface area contributed by atoms with E-state index >= 15 is 0 Å². The highest BCUT2D eigenvalue weighted by molar-refractivity contribution is 7.93. The van der Waals surface area contributed by atoms with Gasteiger partial charge in [0.2, 0.25) is 5.91 Å². The van der Waals surface area contributed by atoms with Crippen molar-refractivity contribution in [2.75, 3.05) is 0 Å². The van der Waals surface area contributed by atoms with Crippen molar-refractivity contribution in [3.63, 3.8) is 0 Å². The van der Waals surface area contributed by atoms with Crippen molar-refractivity contribution < 1.29 is 13.2 Å². The van der Waals surface area contributed by atoms with Gasteiger partial charge in [-0.15, -0.1) is 0 Å². The Morgan fingerprint density at radius 3 is 2.08 bits per heavy atom. The summed E-state index contributed by atoms with van der Waals surface area (Å²) in [5.74, 6) is -0.859. The van der Waals surface area contributed by atoms with Gasteiger partial charge in [-0.05, 0) is 44.2 Å². The number of halogens is 1. The predicted octanol–water partition coefficient (Wildman–Crippen LogP) is 2.87. The van der Waals surface area contributed by atoms with Crippen molar-refractivity contribution in [2.45, 2.75) is 44.3 Å². The first-order valence-electron chi connectivity index (χ1n) is 7.57. The molecule has 0 aliphatic rings. The van der Waals surface area contributed by atoms with Gasteiger partial charge in [0.1, 0.15) is 10.6 Å². The van der Waals surface area contributed by atoms with Crippen molar-refractivity contribution in [3.05, 3.63) is 41.2 Å². The molecule has 0 fully saturated rings. The van der Waals surface area contributed by atoms with Crippen LogP contribution < -0.4 is 11.1 Å². The fourth-order valence-corrected chi connectivity index (χ4v) is 3.22. The topological polar surface area (TPSA) is 113 Å². The Kier molecular flexibility index (Phi) is 6.08. The highest BCUT2D eigenvalue weighted by atomic mass is 35.5. The summed E-state index contributed by atoms with van der Waals surface area (Å²) in [5, 5.41) is 10.7. The summed E-state index contributed by atoms with van der Waals surface area (Å²) in [7, 11) is -3.96. The van der Waals surface area contributed by atoms with E-state index in [1.54, 1.807) is 0 Å². The number of benzene rings is 1. The smallest absolute Gasteiger partial charge is 0.246 e. The molecular formula is C17H24ClN3O3S. The van der Waals surface area contributed by atoms with Gasteiger partial charge in [-0.3, -0.25) is 4.79 Å². The Morgan fingerprint density at radius 2 is 1.64 bits per heavy atom. The van der Waals surface area contributed by atoms with Crippen LogP contribution in [0.2, 0.25) is 5.02 Å². The molecule has 1 aromatic carbocycles. The molecule has 25 heavy (non-hydrogen) atoms. The third kappa shape index (κ3) is 4.83. The van der Waals surface area contributed by atoms with Gasteiger partial charge < -0.3 is 16.5 Å². The van der Waals surface area contributed by atoms with Crippen LogP contribution in [-0.4, -0.2) is 24.8 Å². The number of carbonyl (C=O) groups is 1. The minimum Gasteiger partial charge on any atom is -0.385 e. The van der Waals surface area contributed by atoms with Gasteiger partial charge in [0.05, 0.1) is 4.90 Å². The lowest BCUT2D eigenvalue weighted by Crippen LogP contribution is -2.48. The molecule has 1 amide bonds. The molecule has 0 unspecified atom stereocenters. The third-order valence-corrected chi connectivity index (χ3v) is 6.38. The SMILES string of the molecule is CC(C)(C)C(=N)/C=C(\N)NC(=O)C(C)(C)S(=O)(=O)c1ccc(Cl)cc1. The Bertz CT molecular complexity index is 805. The number of hydrogen-bond donors (Lipinski definition) is 3. The molecule has 0 atom stereocenters. The van der Waals surface area contributed by atoms with E-state index in [9.17, 15) is 13.2 Å². The Morgan fingerprint density at radius 1 is 1.16 bits per heavy atom. The molecule has 0 aliphatic heterocycles. The van der Waals surface area contributed by atoms with E-state index in [0.717, 1.165) is 0 Å². The molecule has 1 aromatic rings. The maximum atomic E-state index is 12.8. The molecule has 0 radical (unpaired) electrons. The second-order valence-corrected chi connectivity index (χ2v) is 10.1. The number of sulfone groups is 1. The van der Waals surface area contributed by atoms with Gasteiger partial charge in [-0.2, -0.15) is 0 Å². The number of carbonyl (C=O) groups excluding carboxylic acids is 1. The zero-order chi connectivity index (χ0) is 19.6. The summed E-state index contributed by atoms with van der Waals surface area (Å²) < 4.78 is 23.8. The monoisotopic (exact) mass is 385 g/mol. The summed E-state index contributed by atoms with van der Waals surface area (Å²) in [6.45, 7) is 8.09. The van der Waals surface area contributed by atoms with Gasteiger partial charge in [-0.25, -0.2) is 8.42 Å². The number of allylic oxidation sites excluding steroid dienone is 1. The van der Waals surface area contributed by atoms with Crippen LogP contribution in [0.3, 0.4) is 0 Å². The first kappa shape index (κ1) is 21.2. The molecule has 6 nitrogen and oxygen atoms in total. The molecule has 0 aromatic heterocycles. The summed E-state index contributed by atoms with van der Waals surface area (Å²) in [5.41, 5.74) is 5.51. The average Bonchev–Trinajstić information content (AvgIpc) is 2.46. The number of rotatable bonds is 5. The zero-order valence-electron chi connectivity index (χ0n) is 15.0. The van der Waals surface area contributed by atoms with Crippen LogP contribution in [0, 0.1) is 10.8 Å². The van der Waals surface area contributed by atoms with Crippen molar-refractivity contribution >= 4 is 33.1 Å². The number of amides is 1. The summed E-state index contributed by atoms with van der Waals surface area (Å²) in [4.78, 5) is 12.5. The summed E-state index contributed by atoms with van der Waals surface area (Å²) >= 11 is 5.77. The van der Waals surface area contributed by atoms with Gasteiger partial charge in [0.25, 0.3) is 0 Å². The fourth-order valence-electron chi connectivity index (χ4n) is 1.72. The number of nitrogens with one attached hydrogen (secondary N) is 2. The lowest BCUT2D eigenvalue weighted by Gasteiger charge is -2.24. The maximum absolute atomic E-state index is 12.8. The van der Waals surface area contributed by atoms with Crippen molar-refractivity contribution in [1.29, 1.82) is 5.41 Å². The Labute approximate surface area is 153 Å². The third-order valence-electron chi connectivity index (χ3n) is 3.71. The molecule has 0 aliphatic carbocycles. The van der Waals surface area contributed by atoms with Gasteiger partial charge >= 0.3 is 0 Å². The van der Waals surface area contributed by atoms with Crippen molar-refractivity contribution in [3.8, 4) is 0 Å². The maximum Gasteiger partial charge on any atom is 0.246 e. The highest BCUT2D eigenvalue weighted by Gasteiger charge is 2.43. The van der Waals surface area contributed by atoms with Crippen molar-refractivity contribution in [2.24, 2.45) is 11.1 Å². The largest absolute Gasteiger partial charge is 0.385 e. The van der Waals surface area contributed by atoms with E-state index in [1.165, 1.54) is 44.2 Å². The van der Waals surface area contributed by atoms with E-state index < -0.39 is 25.9 Å². The van der Waals surface area contributed by atoms with Crippen LogP contribution in [0.4, 0.5) is 0 Å². The minimum atomic E-state index is -3.96. The standard InChI is InChI=1S/C17H24ClN3O3S/c1-16(2,3)13(19)10-14(20)21-15(22)17(4,5)25(23,24)12-8-6-11(18)7-9-12/h6-10,19H,20H2,1-5H3,(H,21,22)/b14-10+,19-13?. The van der Waals surface area contributed by atoms with E-state index in [0.29, 0.717) is 5.02 Å². The van der Waals surface area contributed by atoms with Crippen LogP contribution in [0.1, 0.15) is 34.6 Å². The molecule has 0 bridgehead atoms. The second-order valence-electron chi connectivity index (χ2n) is 7.19. The summed E-state index contributed by atoms with van der Waals surface area (Å²) in [6, 6.07) is 5.59. The van der Waals surface area contributed by atoms with E-state index in [-0.39, 0.29) is 16.4 Å². The quantitative estimate of drug-likeness (QED) is 0.676. The van der Waals surface area contributed by atoms with E-state index in [4.69, 9.17) is 22.7 Å². The number of nitrogens with two attached hydrogens (primary N) is 1. The normalized spacial score (nSPS) is 13.4. The predicted molar refractivity (Wildman–Crippen MR) is 100 cm³/mol. The van der Waals surface area contributed by atoms with Crippen LogP contribution in [-0.2, 0) is 14.6 Å². The summed E-state index contributed by atoms with van der Waals surface area (Å²) in [6.07, 6.45) is 1.31. The Balaban J connectivity index is 3.08. The molecule has 0 saturated heterocycles. The van der Waals surface area contributed by atoms with Gasteiger partial charge in [0.15, 0.2) is 9.84 Å². The molecule has 1 rings (SSSR count). The zero-order valence-corrected chi connectivity index (χ0v) is 16.5. The van der Waals surface area contributed by atoms with E-state index in [1.807, 2.05) is 20.8 Å². The van der Waals surface area contributed by atoms with Gasteiger partial charge in [0, 0.05) is 16.1 Å². The average molecular weight is 386 g/mol. The molecule has 138 valence electrons. The molecule has 8 heteroatoms. The first-order valence-corrected chi connectivity index (χ1v) is 9.43. The van der Waals surface area contributed by atoms with Crippen LogP contribution in [0.5, 0.6) is 0 Å². The van der Waals surface area contributed by atoms with Gasteiger partial charge in [-0.1, -0.05) is 32.4 Å². The Hall–Kier alpha value is -1.86. The molecule has 4 N–H and O–H groups in total. The van der Waals surface area contributed by atoms with Crippen LogP contribution in [0.15, 0.2) is 41.1 Å². The molecule has 0 spiro atoms. The lowest BCUT2D eigenvalue weighted by molar-refractivity contribution is -0.122. The van der Waals surface area contributed by atoms with Crippen LogP contribution in [0.25, 0.3) is 0 Å². The minimum absolute atomic E-state index is 0.0120. The fraction of sp³-hybridized carbons (Fsp3) is 0.412. The lowest BCUT2D eigenvalue weighted by atomic mass is 9.90. The molecule has 0 heterocycles. The highest BCUT2D eigenvalue weighted by Crippen LogP contribution is 2.27. The molecule has 0 saturated carbocycles.